The SMILES string of the molecule is CC(=O)OC1=CCc2ccccc2O1. The first-order valence-electron chi connectivity index (χ1n) is 4.40. The van der Waals surface area contributed by atoms with Crippen LogP contribution in [0.15, 0.2) is 36.3 Å². The van der Waals surface area contributed by atoms with Gasteiger partial charge in [0.25, 0.3) is 5.95 Å². The lowest BCUT2D eigenvalue weighted by molar-refractivity contribution is -0.140. The third-order valence-corrected chi connectivity index (χ3v) is 1.92. The van der Waals surface area contributed by atoms with Gasteiger partial charge in [0.2, 0.25) is 0 Å². The second kappa shape index (κ2) is 3.54. The molecule has 14 heavy (non-hydrogen) atoms. The Kier molecular flexibility index (Phi) is 2.23. The Labute approximate surface area is 81.9 Å². The maximum Gasteiger partial charge on any atom is 0.310 e. The number of rotatable bonds is 1. The molecule has 0 amide bonds. The van der Waals surface area contributed by atoms with Crippen molar-refractivity contribution in [1.29, 1.82) is 0 Å². The molecule has 0 aromatic heterocycles. The molecule has 0 saturated heterocycles. The van der Waals surface area contributed by atoms with E-state index < -0.39 is 0 Å². The van der Waals surface area contributed by atoms with Gasteiger partial charge in [-0.25, -0.2) is 0 Å². The minimum absolute atomic E-state index is 0.274. The molecule has 0 aliphatic carbocycles. The van der Waals surface area contributed by atoms with E-state index in [2.05, 4.69) is 0 Å². The van der Waals surface area contributed by atoms with Gasteiger partial charge in [0, 0.05) is 19.4 Å². The van der Waals surface area contributed by atoms with Crippen LogP contribution in [0.1, 0.15) is 12.5 Å². The summed E-state index contributed by atoms with van der Waals surface area (Å²) in [5.41, 5.74) is 1.10. The molecule has 1 aromatic rings. The second-order valence-electron chi connectivity index (χ2n) is 3.03. The van der Waals surface area contributed by atoms with Gasteiger partial charge >= 0.3 is 5.97 Å². The number of hydrogen-bond donors (Lipinski definition) is 0. The van der Waals surface area contributed by atoms with Gasteiger partial charge in [0.05, 0.1) is 0 Å². The van der Waals surface area contributed by atoms with E-state index in [-0.39, 0.29) is 11.9 Å². The molecule has 72 valence electrons. The molecule has 0 N–H and O–H groups in total. The van der Waals surface area contributed by atoms with E-state index in [0.717, 1.165) is 17.7 Å². The van der Waals surface area contributed by atoms with Gasteiger partial charge in [0.15, 0.2) is 0 Å². The highest BCUT2D eigenvalue weighted by Gasteiger charge is 2.13. The zero-order valence-corrected chi connectivity index (χ0v) is 7.82. The molecule has 0 atom stereocenters. The topological polar surface area (TPSA) is 35.5 Å². The lowest BCUT2D eigenvalue weighted by Gasteiger charge is -2.16. The number of para-hydroxylation sites is 1. The summed E-state index contributed by atoms with van der Waals surface area (Å²) in [4.78, 5) is 10.7. The summed E-state index contributed by atoms with van der Waals surface area (Å²) < 4.78 is 10.2. The molecular weight excluding hydrogens is 180 g/mol. The van der Waals surface area contributed by atoms with Gasteiger partial charge in [-0.1, -0.05) is 18.2 Å². The van der Waals surface area contributed by atoms with Gasteiger partial charge in [-0.3, -0.25) is 4.79 Å². The van der Waals surface area contributed by atoms with Gasteiger partial charge in [-0.2, -0.15) is 0 Å². The standard InChI is InChI=1S/C11H10O3/c1-8(12)13-11-7-6-9-4-2-3-5-10(9)14-11/h2-5,7H,6H2,1H3. The smallest absolute Gasteiger partial charge is 0.310 e. The van der Waals surface area contributed by atoms with Crippen molar-refractivity contribution >= 4 is 5.97 Å². The van der Waals surface area contributed by atoms with Gasteiger partial charge in [-0.05, 0) is 11.6 Å². The number of carbonyl (C=O) groups excluding carboxylic acids is 1. The lowest BCUT2D eigenvalue weighted by Crippen LogP contribution is -2.10. The average molecular weight is 190 g/mol. The molecule has 1 aliphatic rings. The normalized spacial score (nSPS) is 13.6. The van der Waals surface area contributed by atoms with Crippen molar-refractivity contribution < 1.29 is 14.3 Å². The molecule has 1 heterocycles. The molecule has 0 unspecified atom stereocenters. The van der Waals surface area contributed by atoms with Crippen molar-refractivity contribution in [2.45, 2.75) is 13.3 Å². The molecule has 0 bridgehead atoms. The Morgan fingerprint density at radius 2 is 2.21 bits per heavy atom. The first-order chi connectivity index (χ1) is 6.75. The number of hydrogen-bond acceptors (Lipinski definition) is 3. The minimum atomic E-state index is -0.365. The Balaban J connectivity index is 2.17. The third kappa shape index (κ3) is 1.76. The summed E-state index contributed by atoms with van der Waals surface area (Å²) in [6, 6.07) is 7.67. The van der Waals surface area contributed by atoms with Crippen LogP contribution < -0.4 is 4.74 Å². The molecule has 3 nitrogen and oxygen atoms in total. The van der Waals surface area contributed by atoms with Crippen molar-refractivity contribution in [3.8, 4) is 5.75 Å². The fourth-order valence-electron chi connectivity index (χ4n) is 1.32. The highest BCUT2D eigenvalue weighted by atomic mass is 16.7. The summed E-state index contributed by atoms with van der Waals surface area (Å²) in [6.07, 6.45) is 2.49. The van der Waals surface area contributed by atoms with E-state index in [1.807, 2.05) is 24.3 Å². The van der Waals surface area contributed by atoms with Crippen LogP contribution in [0.5, 0.6) is 5.75 Å². The number of carbonyl (C=O) groups is 1. The number of benzene rings is 1. The van der Waals surface area contributed by atoms with E-state index in [9.17, 15) is 4.79 Å². The molecule has 1 aromatic carbocycles. The molecule has 0 fully saturated rings. The van der Waals surface area contributed by atoms with Gasteiger partial charge < -0.3 is 9.47 Å². The van der Waals surface area contributed by atoms with Crippen LogP contribution in [0.4, 0.5) is 0 Å². The van der Waals surface area contributed by atoms with Gasteiger partial charge in [-0.15, -0.1) is 0 Å². The molecule has 3 heteroatoms. The Hall–Kier alpha value is -1.77. The Morgan fingerprint density at radius 1 is 1.43 bits per heavy atom. The number of esters is 1. The molecule has 1 aliphatic heterocycles. The van der Waals surface area contributed by atoms with Crippen molar-refractivity contribution in [3.05, 3.63) is 41.9 Å². The fraction of sp³-hybridized carbons (Fsp3) is 0.182. The Morgan fingerprint density at radius 3 is 3.00 bits per heavy atom. The summed E-state index contributed by atoms with van der Waals surface area (Å²) in [6.45, 7) is 1.35. The zero-order chi connectivity index (χ0) is 9.97. The van der Waals surface area contributed by atoms with Crippen LogP contribution in [0.3, 0.4) is 0 Å². The Bertz CT molecular complexity index is 393. The molecule has 0 spiro atoms. The second-order valence-corrected chi connectivity index (χ2v) is 3.03. The quantitative estimate of drug-likeness (QED) is 0.635. The average Bonchev–Trinajstić information content (AvgIpc) is 2.17. The highest BCUT2D eigenvalue weighted by Crippen LogP contribution is 2.25. The molecule has 0 radical (unpaired) electrons. The largest absolute Gasteiger partial charge is 0.426 e. The fourth-order valence-corrected chi connectivity index (χ4v) is 1.32. The predicted octanol–water partition coefficient (Wildman–Crippen LogP) is 2.03. The van der Waals surface area contributed by atoms with Crippen molar-refractivity contribution in [3.63, 3.8) is 0 Å². The van der Waals surface area contributed by atoms with E-state index in [0.29, 0.717) is 0 Å². The molecule has 0 saturated carbocycles. The zero-order valence-electron chi connectivity index (χ0n) is 7.82. The van der Waals surface area contributed by atoms with E-state index in [1.165, 1.54) is 6.92 Å². The third-order valence-electron chi connectivity index (χ3n) is 1.92. The van der Waals surface area contributed by atoms with Crippen LogP contribution >= 0.6 is 0 Å². The molecular formula is C11H10O3. The summed E-state index contributed by atoms with van der Waals surface area (Å²) >= 11 is 0. The maximum absolute atomic E-state index is 10.7. The van der Waals surface area contributed by atoms with Crippen LogP contribution in [-0.2, 0) is 16.0 Å². The first-order valence-corrected chi connectivity index (χ1v) is 4.40. The van der Waals surface area contributed by atoms with E-state index in [4.69, 9.17) is 9.47 Å². The van der Waals surface area contributed by atoms with Crippen LogP contribution in [0.25, 0.3) is 0 Å². The monoisotopic (exact) mass is 190 g/mol. The number of fused-ring (bicyclic) bond motifs is 1. The molecule has 2 rings (SSSR count). The highest BCUT2D eigenvalue weighted by molar-refractivity contribution is 5.67. The van der Waals surface area contributed by atoms with Crippen LogP contribution in [0.2, 0.25) is 0 Å². The lowest BCUT2D eigenvalue weighted by atomic mass is 10.1. The summed E-state index contributed by atoms with van der Waals surface area (Å²) in [5, 5.41) is 0. The summed E-state index contributed by atoms with van der Waals surface area (Å²) in [5.74, 6) is 0.665. The van der Waals surface area contributed by atoms with E-state index in [1.54, 1.807) is 6.08 Å². The number of ether oxygens (including phenoxy) is 2. The van der Waals surface area contributed by atoms with E-state index >= 15 is 0 Å². The van der Waals surface area contributed by atoms with Gasteiger partial charge in [0.1, 0.15) is 5.75 Å². The maximum atomic E-state index is 10.7. The van der Waals surface area contributed by atoms with Crippen molar-refractivity contribution in [2.24, 2.45) is 0 Å². The first kappa shape index (κ1) is 8.81. The summed E-state index contributed by atoms with van der Waals surface area (Å²) in [7, 11) is 0. The van der Waals surface area contributed by atoms with Crippen LogP contribution in [-0.4, -0.2) is 5.97 Å². The minimum Gasteiger partial charge on any atom is -0.426 e. The van der Waals surface area contributed by atoms with Crippen LogP contribution in [0, 0.1) is 0 Å². The van der Waals surface area contributed by atoms with Crippen molar-refractivity contribution in [1.82, 2.24) is 0 Å². The predicted molar refractivity (Wildman–Crippen MR) is 50.6 cm³/mol. The number of allylic oxidation sites excluding steroid dienone is 1. The van der Waals surface area contributed by atoms with Crippen molar-refractivity contribution in [2.75, 3.05) is 0 Å².